The van der Waals surface area contributed by atoms with Crippen LogP contribution in [0, 0.1) is 6.92 Å². The van der Waals surface area contributed by atoms with E-state index >= 15 is 0 Å². The number of ether oxygens (including phenoxy) is 2. The van der Waals surface area contributed by atoms with Crippen LogP contribution < -0.4 is 14.8 Å². The fraction of sp³-hybridized carbons (Fsp3) is 0.391. The van der Waals surface area contributed by atoms with E-state index in [1.54, 1.807) is 30.2 Å². The molecule has 1 atom stereocenters. The maximum Gasteiger partial charge on any atom is 0.261 e. The van der Waals surface area contributed by atoms with Gasteiger partial charge in [0.15, 0.2) is 6.61 Å². The quantitative estimate of drug-likeness (QED) is 0.616. The van der Waals surface area contributed by atoms with Crippen LogP contribution in [0.1, 0.15) is 31.4 Å². The Balaban J connectivity index is 2.19. The Morgan fingerprint density at radius 2 is 1.77 bits per heavy atom. The first-order valence-electron chi connectivity index (χ1n) is 9.98. The van der Waals surface area contributed by atoms with Crippen LogP contribution >= 0.6 is 11.6 Å². The average molecular weight is 433 g/mol. The lowest BCUT2D eigenvalue weighted by molar-refractivity contribution is -0.142. The summed E-state index contributed by atoms with van der Waals surface area (Å²) in [5.41, 5.74) is 1.76. The van der Waals surface area contributed by atoms with E-state index in [-0.39, 0.29) is 18.4 Å². The molecule has 2 aromatic carbocycles. The number of nitrogens with one attached hydrogen (secondary N) is 1. The standard InChI is InChI=1S/C23H29ClN2O4/c1-5-21(23(28)25-6-2)26(14-17-7-9-18(29-4)10-8-17)22(27)15-30-19-11-12-20(24)16(3)13-19/h7-13,21H,5-6,14-15H2,1-4H3,(H,25,28). The number of hydrogen-bond acceptors (Lipinski definition) is 4. The third-order valence-corrected chi connectivity index (χ3v) is 5.16. The van der Waals surface area contributed by atoms with Crippen molar-refractivity contribution < 1.29 is 19.1 Å². The van der Waals surface area contributed by atoms with Crippen LogP contribution in [0.15, 0.2) is 42.5 Å². The molecule has 2 rings (SSSR count). The van der Waals surface area contributed by atoms with Gasteiger partial charge in [-0.1, -0.05) is 30.7 Å². The zero-order chi connectivity index (χ0) is 22.1. The predicted octanol–water partition coefficient (Wildman–Crippen LogP) is 3.98. The largest absolute Gasteiger partial charge is 0.497 e. The molecule has 0 saturated carbocycles. The van der Waals surface area contributed by atoms with Crippen molar-refractivity contribution in [2.45, 2.75) is 39.8 Å². The second-order valence-electron chi connectivity index (χ2n) is 6.89. The van der Waals surface area contributed by atoms with Crippen LogP contribution in [0.3, 0.4) is 0 Å². The van der Waals surface area contributed by atoms with Gasteiger partial charge in [0.1, 0.15) is 17.5 Å². The maximum atomic E-state index is 13.1. The van der Waals surface area contributed by atoms with E-state index in [1.807, 2.05) is 45.0 Å². The number of amides is 2. The number of benzene rings is 2. The highest BCUT2D eigenvalue weighted by Gasteiger charge is 2.28. The molecule has 30 heavy (non-hydrogen) atoms. The summed E-state index contributed by atoms with van der Waals surface area (Å²) >= 11 is 6.05. The number of carbonyl (C=O) groups is 2. The summed E-state index contributed by atoms with van der Waals surface area (Å²) in [7, 11) is 1.60. The van der Waals surface area contributed by atoms with Crippen molar-refractivity contribution in [2.24, 2.45) is 0 Å². The molecule has 0 heterocycles. The van der Waals surface area contributed by atoms with E-state index < -0.39 is 6.04 Å². The topological polar surface area (TPSA) is 67.9 Å². The Bertz CT molecular complexity index is 855. The van der Waals surface area contributed by atoms with Crippen molar-refractivity contribution in [3.8, 4) is 11.5 Å². The minimum absolute atomic E-state index is 0.173. The molecule has 0 radical (unpaired) electrons. The van der Waals surface area contributed by atoms with Crippen LogP contribution in [0.5, 0.6) is 11.5 Å². The van der Waals surface area contributed by atoms with Gasteiger partial charge in [0.2, 0.25) is 5.91 Å². The van der Waals surface area contributed by atoms with E-state index in [1.165, 1.54) is 0 Å². The normalized spacial score (nSPS) is 11.5. The molecule has 0 spiro atoms. The van der Waals surface area contributed by atoms with Gasteiger partial charge in [0, 0.05) is 18.1 Å². The Hall–Kier alpha value is -2.73. The number of carbonyl (C=O) groups excluding carboxylic acids is 2. The summed E-state index contributed by atoms with van der Waals surface area (Å²) in [6, 6.07) is 12.1. The van der Waals surface area contributed by atoms with Crippen molar-refractivity contribution in [3.63, 3.8) is 0 Å². The number of halogens is 1. The summed E-state index contributed by atoms with van der Waals surface area (Å²) in [5.74, 6) is 0.843. The highest BCUT2D eigenvalue weighted by atomic mass is 35.5. The molecule has 6 nitrogen and oxygen atoms in total. The van der Waals surface area contributed by atoms with Crippen molar-refractivity contribution in [3.05, 3.63) is 58.6 Å². The molecule has 0 aliphatic carbocycles. The Labute approximate surface area is 183 Å². The Kier molecular flexibility index (Phi) is 8.99. The zero-order valence-corrected chi connectivity index (χ0v) is 18.7. The molecule has 0 saturated heterocycles. The first kappa shape index (κ1) is 23.5. The maximum absolute atomic E-state index is 13.1. The molecule has 1 N–H and O–H groups in total. The van der Waals surface area contributed by atoms with Gasteiger partial charge >= 0.3 is 0 Å². The third kappa shape index (κ3) is 6.39. The SMILES string of the molecule is CCNC(=O)C(CC)N(Cc1ccc(OC)cc1)C(=O)COc1ccc(Cl)c(C)c1. The van der Waals surface area contributed by atoms with E-state index in [0.717, 1.165) is 16.9 Å². The van der Waals surface area contributed by atoms with Crippen LogP contribution in [0.2, 0.25) is 5.02 Å². The molecule has 162 valence electrons. The molecule has 1 unspecified atom stereocenters. The molecule has 0 aliphatic rings. The van der Waals surface area contributed by atoms with Gasteiger partial charge in [-0.3, -0.25) is 9.59 Å². The summed E-state index contributed by atoms with van der Waals surface area (Å²) in [4.78, 5) is 27.2. The lowest BCUT2D eigenvalue weighted by Gasteiger charge is -2.30. The number of nitrogens with zero attached hydrogens (tertiary/aromatic N) is 1. The molecule has 2 amide bonds. The number of rotatable bonds is 10. The van der Waals surface area contributed by atoms with E-state index in [2.05, 4.69) is 5.32 Å². The second-order valence-corrected chi connectivity index (χ2v) is 7.30. The molecule has 0 bridgehead atoms. The van der Waals surface area contributed by atoms with Gasteiger partial charge in [-0.05, 0) is 61.7 Å². The van der Waals surface area contributed by atoms with Gasteiger partial charge < -0.3 is 19.7 Å². The van der Waals surface area contributed by atoms with Crippen LogP contribution in [0.25, 0.3) is 0 Å². The number of hydrogen-bond donors (Lipinski definition) is 1. The predicted molar refractivity (Wildman–Crippen MR) is 118 cm³/mol. The molecule has 0 fully saturated rings. The minimum atomic E-state index is -0.588. The van der Waals surface area contributed by atoms with Gasteiger partial charge in [0.05, 0.1) is 7.11 Å². The number of likely N-dealkylation sites (N-methyl/N-ethyl adjacent to an activating group) is 1. The summed E-state index contributed by atoms with van der Waals surface area (Å²) in [6.45, 7) is 6.23. The van der Waals surface area contributed by atoms with E-state index in [4.69, 9.17) is 21.1 Å². The van der Waals surface area contributed by atoms with Crippen LogP contribution in [-0.4, -0.2) is 43.0 Å². The van der Waals surface area contributed by atoms with Crippen molar-refractivity contribution in [1.82, 2.24) is 10.2 Å². The molecule has 0 aromatic heterocycles. The number of methoxy groups -OCH3 is 1. The van der Waals surface area contributed by atoms with E-state index in [9.17, 15) is 9.59 Å². The van der Waals surface area contributed by atoms with Gasteiger partial charge in [-0.2, -0.15) is 0 Å². The monoisotopic (exact) mass is 432 g/mol. The lowest BCUT2D eigenvalue weighted by Crippen LogP contribution is -2.50. The highest BCUT2D eigenvalue weighted by molar-refractivity contribution is 6.31. The fourth-order valence-electron chi connectivity index (χ4n) is 3.07. The van der Waals surface area contributed by atoms with Crippen LogP contribution in [-0.2, 0) is 16.1 Å². The van der Waals surface area contributed by atoms with Crippen molar-refractivity contribution >= 4 is 23.4 Å². The van der Waals surface area contributed by atoms with Gasteiger partial charge in [0.25, 0.3) is 5.91 Å². The molecular formula is C23H29ClN2O4. The lowest BCUT2D eigenvalue weighted by atomic mass is 10.1. The third-order valence-electron chi connectivity index (χ3n) is 4.74. The van der Waals surface area contributed by atoms with Crippen molar-refractivity contribution in [1.29, 1.82) is 0 Å². The fourth-order valence-corrected chi connectivity index (χ4v) is 3.19. The molecule has 7 heteroatoms. The Morgan fingerprint density at radius 1 is 1.10 bits per heavy atom. The van der Waals surface area contributed by atoms with Crippen molar-refractivity contribution in [2.75, 3.05) is 20.3 Å². The molecule has 0 aliphatic heterocycles. The smallest absolute Gasteiger partial charge is 0.261 e. The first-order valence-corrected chi connectivity index (χ1v) is 10.4. The number of aryl methyl sites for hydroxylation is 1. The summed E-state index contributed by atoms with van der Waals surface area (Å²) < 4.78 is 10.9. The molecule has 2 aromatic rings. The van der Waals surface area contributed by atoms with Gasteiger partial charge in [-0.15, -0.1) is 0 Å². The average Bonchev–Trinajstić information content (AvgIpc) is 2.74. The first-order chi connectivity index (χ1) is 14.4. The zero-order valence-electron chi connectivity index (χ0n) is 17.9. The Morgan fingerprint density at radius 3 is 2.33 bits per heavy atom. The minimum Gasteiger partial charge on any atom is -0.497 e. The highest BCUT2D eigenvalue weighted by Crippen LogP contribution is 2.21. The molecular weight excluding hydrogens is 404 g/mol. The van der Waals surface area contributed by atoms with Gasteiger partial charge in [-0.25, -0.2) is 0 Å². The summed E-state index contributed by atoms with van der Waals surface area (Å²) in [6.07, 6.45) is 0.494. The summed E-state index contributed by atoms with van der Waals surface area (Å²) in [5, 5.41) is 3.45. The second kappa shape index (κ2) is 11.5. The van der Waals surface area contributed by atoms with Crippen LogP contribution in [0.4, 0.5) is 0 Å². The van der Waals surface area contributed by atoms with E-state index in [0.29, 0.717) is 30.3 Å².